The SMILES string of the molecule is OC[C@H]1O[C@@H](c2cn(Cc3ccc(O)cc3)c3cccc(F)c23)[C@H](O)[C@@H](O)[C@@H]1O. The normalized spacial score (nSPS) is 27.4. The minimum atomic E-state index is -1.55. The highest BCUT2D eigenvalue weighted by molar-refractivity contribution is 5.85. The van der Waals surface area contributed by atoms with Gasteiger partial charge in [-0.25, -0.2) is 4.39 Å². The Balaban J connectivity index is 1.79. The van der Waals surface area contributed by atoms with Gasteiger partial charge in [0.1, 0.15) is 42.1 Å². The maximum Gasteiger partial charge on any atom is 0.132 e. The van der Waals surface area contributed by atoms with E-state index in [1.165, 1.54) is 6.07 Å². The molecule has 8 heteroatoms. The number of phenolic OH excluding ortho intramolecular Hbond substituents is 1. The van der Waals surface area contributed by atoms with Crippen LogP contribution in [0.2, 0.25) is 0 Å². The summed E-state index contributed by atoms with van der Waals surface area (Å²) in [7, 11) is 0. The Kier molecular flexibility index (Phi) is 5.28. The average Bonchev–Trinajstić information content (AvgIpc) is 3.08. The van der Waals surface area contributed by atoms with Crippen LogP contribution in [0.15, 0.2) is 48.7 Å². The number of benzene rings is 2. The molecule has 1 saturated heterocycles. The molecule has 0 saturated carbocycles. The number of rotatable bonds is 4. The standard InChI is InChI=1S/C21H22FNO6/c22-14-2-1-3-15-17(14)13(9-23(15)8-11-4-6-12(25)7-5-11)21-20(28)19(27)18(26)16(10-24)29-21/h1-7,9,16,18-21,24-28H,8,10H2/t16-,18-,19+,20-,21+/m1/s1. The first-order valence-electron chi connectivity index (χ1n) is 9.26. The number of hydrogen-bond donors (Lipinski definition) is 5. The first-order valence-corrected chi connectivity index (χ1v) is 9.26. The second kappa shape index (κ2) is 7.74. The average molecular weight is 403 g/mol. The molecule has 0 amide bonds. The Hall–Kier alpha value is -2.49. The lowest BCUT2D eigenvalue weighted by molar-refractivity contribution is -0.231. The van der Waals surface area contributed by atoms with Gasteiger partial charge in [0.25, 0.3) is 0 Å². The van der Waals surface area contributed by atoms with Gasteiger partial charge < -0.3 is 34.8 Å². The molecule has 1 aliphatic heterocycles. The number of ether oxygens (including phenoxy) is 1. The van der Waals surface area contributed by atoms with Gasteiger partial charge in [0.2, 0.25) is 0 Å². The summed E-state index contributed by atoms with van der Waals surface area (Å²) in [6.45, 7) is -0.187. The van der Waals surface area contributed by atoms with E-state index in [-0.39, 0.29) is 11.1 Å². The zero-order chi connectivity index (χ0) is 20.7. The molecule has 2 heterocycles. The van der Waals surface area contributed by atoms with E-state index in [1.54, 1.807) is 47.2 Å². The van der Waals surface area contributed by atoms with Crippen molar-refractivity contribution in [1.82, 2.24) is 4.57 Å². The number of nitrogens with zero attached hydrogens (tertiary/aromatic N) is 1. The number of aromatic hydroxyl groups is 1. The van der Waals surface area contributed by atoms with Gasteiger partial charge in [-0.15, -0.1) is 0 Å². The maximum atomic E-state index is 14.7. The molecule has 3 aromatic rings. The Morgan fingerprint density at radius 1 is 0.966 bits per heavy atom. The first kappa shape index (κ1) is 19.8. The van der Waals surface area contributed by atoms with Crippen molar-refractivity contribution >= 4 is 10.9 Å². The molecule has 1 aliphatic rings. The molecule has 0 radical (unpaired) electrons. The van der Waals surface area contributed by atoms with Crippen LogP contribution < -0.4 is 0 Å². The van der Waals surface area contributed by atoms with Crippen molar-refractivity contribution in [2.75, 3.05) is 6.61 Å². The molecule has 0 aliphatic carbocycles. The molecule has 2 aromatic carbocycles. The van der Waals surface area contributed by atoms with E-state index in [4.69, 9.17) is 4.74 Å². The summed E-state index contributed by atoms with van der Waals surface area (Å²) in [5.41, 5.74) is 1.74. The number of hydrogen-bond acceptors (Lipinski definition) is 6. The quantitative estimate of drug-likeness (QED) is 0.445. The lowest BCUT2D eigenvalue weighted by Gasteiger charge is -2.40. The number of fused-ring (bicyclic) bond motifs is 1. The lowest BCUT2D eigenvalue weighted by atomic mass is 9.91. The summed E-state index contributed by atoms with van der Waals surface area (Å²) in [4.78, 5) is 0. The Bertz CT molecular complexity index is 1000. The molecule has 1 fully saturated rings. The Morgan fingerprint density at radius 2 is 1.69 bits per heavy atom. The molecule has 154 valence electrons. The van der Waals surface area contributed by atoms with Crippen LogP contribution >= 0.6 is 0 Å². The van der Waals surface area contributed by atoms with Gasteiger partial charge in [-0.3, -0.25) is 0 Å². The smallest absolute Gasteiger partial charge is 0.132 e. The van der Waals surface area contributed by atoms with Crippen LogP contribution in [0, 0.1) is 5.82 Å². The summed E-state index contributed by atoms with van der Waals surface area (Å²) in [5, 5.41) is 49.8. The van der Waals surface area contributed by atoms with Crippen LogP contribution in [-0.2, 0) is 11.3 Å². The van der Waals surface area contributed by atoms with Crippen molar-refractivity contribution in [2.45, 2.75) is 37.1 Å². The molecular weight excluding hydrogens is 381 g/mol. The summed E-state index contributed by atoms with van der Waals surface area (Å²) in [5.74, 6) is -0.377. The zero-order valence-corrected chi connectivity index (χ0v) is 15.4. The van der Waals surface area contributed by atoms with E-state index in [2.05, 4.69) is 0 Å². The molecule has 0 bridgehead atoms. The number of aliphatic hydroxyl groups is 4. The van der Waals surface area contributed by atoms with E-state index < -0.39 is 42.9 Å². The number of halogens is 1. The molecule has 1 aromatic heterocycles. The van der Waals surface area contributed by atoms with Crippen LogP contribution in [0.25, 0.3) is 10.9 Å². The second-order valence-electron chi connectivity index (χ2n) is 7.26. The maximum absolute atomic E-state index is 14.7. The highest BCUT2D eigenvalue weighted by Gasteiger charge is 2.45. The van der Waals surface area contributed by atoms with Crippen LogP contribution in [0.5, 0.6) is 5.75 Å². The van der Waals surface area contributed by atoms with Crippen molar-refractivity contribution in [3.05, 3.63) is 65.6 Å². The van der Waals surface area contributed by atoms with Gasteiger partial charge in [0, 0.05) is 23.7 Å². The molecule has 0 spiro atoms. The van der Waals surface area contributed by atoms with E-state index in [0.717, 1.165) is 5.56 Å². The third kappa shape index (κ3) is 3.50. The Labute approximate surface area is 165 Å². The van der Waals surface area contributed by atoms with Crippen molar-refractivity contribution in [3.8, 4) is 5.75 Å². The molecule has 7 nitrogen and oxygen atoms in total. The van der Waals surface area contributed by atoms with Crippen molar-refractivity contribution < 1.29 is 34.7 Å². The number of phenols is 1. The summed E-state index contributed by atoms with van der Waals surface area (Å²) in [6, 6.07) is 11.2. The highest BCUT2D eigenvalue weighted by Crippen LogP contribution is 2.38. The molecule has 0 unspecified atom stereocenters. The molecular formula is C21H22FNO6. The highest BCUT2D eigenvalue weighted by atomic mass is 19.1. The largest absolute Gasteiger partial charge is 0.508 e. The summed E-state index contributed by atoms with van der Waals surface area (Å²) in [6.07, 6.45) is -5.12. The molecule has 29 heavy (non-hydrogen) atoms. The predicted octanol–water partition coefficient (Wildman–Crippen LogP) is 1.05. The monoisotopic (exact) mass is 403 g/mol. The Morgan fingerprint density at radius 3 is 2.38 bits per heavy atom. The van der Waals surface area contributed by atoms with Gasteiger partial charge in [0.15, 0.2) is 0 Å². The van der Waals surface area contributed by atoms with Crippen LogP contribution in [0.1, 0.15) is 17.2 Å². The summed E-state index contributed by atoms with van der Waals surface area (Å²) < 4.78 is 22.2. The van der Waals surface area contributed by atoms with Crippen molar-refractivity contribution in [3.63, 3.8) is 0 Å². The van der Waals surface area contributed by atoms with Crippen LogP contribution in [0.4, 0.5) is 4.39 Å². The predicted molar refractivity (Wildman–Crippen MR) is 102 cm³/mol. The first-order chi connectivity index (χ1) is 13.9. The topological polar surface area (TPSA) is 115 Å². The van der Waals surface area contributed by atoms with Gasteiger partial charge in [-0.1, -0.05) is 18.2 Å². The van der Waals surface area contributed by atoms with Gasteiger partial charge in [-0.2, -0.15) is 0 Å². The van der Waals surface area contributed by atoms with E-state index >= 15 is 0 Å². The fourth-order valence-electron chi connectivity index (χ4n) is 3.84. The fraction of sp³-hybridized carbons (Fsp3) is 0.333. The van der Waals surface area contributed by atoms with Crippen LogP contribution in [0.3, 0.4) is 0 Å². The van der Waals surface area contributed by atoms with Gasteiger partial charge in [-0.05, 0) is 29.8 Å². The van der Waals surface area contributed by atoms with E-state index in [9.17, 15) is 29.9 Å². The van der Waals surface area contributed by atoms with E-state index in [0.29, 0.717) is 17.6 Å². The summed E-state index contributed by atoms with van der Waals surface area (Å²) >= 11 is 0. The van der Waals surface area contributed by atoms with E-state index in [1.807, 2.05) is 0 Å². The molecule has 5 N–H and O–H groups in total. The van der Waals surface area contributed by atoms with Crippen molar-refractivity contribution in [1.29, 1.82) is 0 Å². The third-order valence-corrected chi connectivity index (χ3v) is 5.37. The van der Waals surface area contributed by atoms with Gasteiger partial charge in [0.05, 0.1) is 12.1 Å². The van der Waals surface area contributed by atoms with Crippen LogP contribution in [-0.4, -0.2) is 61.1 Å². The minimum Gasteiger partial charge on any atom is -0.508 e. The van der Waals surface area contributed by atoms with Crippen molar-refractivity contribution in [2.24, 2.45) is 0 Å². The molecule has 4 rings (SSSR count). The third-order valence-electron chi connectivity index (χ3n) is 5.37. The second-order valence-corrected chi connectivity index (χ2v) is 7.26. The minimum absolute atomic E-state index is 0.138. The van der Waals surface area contributed by atoms with Gasteiger partial charge >= 0.3 is 0 Å². The number of aliphatic hydroxyl groups excluding tert-OH is 4. The fourth-order valence-corrected chi connectivity index (χ4v) is 3.84. The molecule has 5 atom stereocenters. The zero-order valence-electron chi connectivity index (χ0n) is 15.4. The number of aromatic nitrogens is 1. The lowest BCUT2D eigenvalue weighted by Crippen LogP contribution is -2.55.